The van der Waals surface area contributed by atoms with E-state index in [0.717, 1.165) is 0 Å². The van der Waals surface area contributed by atoms with Crippen LogP contribution in [0.2, 0.25) is 5.02 Å². The van der Waals surface area contributed by atoms with Crippen LogP contribution in [0.1, 0.15) is 11.3 Å². The Morgan fingerprint density at radius 2 is 2.29 bits per heavy atom. The average molecular weight is 307 g/mol. The molecule has 5 nitrogen and oxygen atoms in total. The normalized spacial score (nSPS) is 11.9. The summed E-state index contributed by atoms with van der Waals surface area (Å²) in [5, 5.41) is 22.3. The molecule has 0 aliphatic heterocycles. The van der Waals surface area contributed by atoms with Crippen LogP contribution in [0.3, 0.4) is 0 Å². The van der Waals surface area contributed by atoms with Crippen LogP contribution in [-0.4, -0.2) is 24.4 Å². The Morgan fingerprint density at radius 1 is 1.43 bits per heavy atom. The maximum Gasteiger partial charge on any atom is 0.129 e. The number of ether oxygens (including phenoxy) is 1. The van der Waals surface area contributed by atoms with Crippen LogP contribution < -0.4 is 5.32 Å². The number of nitriles is 1. The van der Waals surface area contributed by atoms with Gasteiger partial charge in [-0.1, -0.05) is 11.6 Å². The molecule has 1 unspecified atom stereocenters. The van der Waals surface area contributed by atoms with Crippen molar-refractivity contribution in [3.05, 3.63) is 52.9 Å². The van der Waals surface area contributed by atoms with Gasteiger partial charge in [-0.25, -0.2) is 0 Å². The van der Waals surface area contributed by atoms with E-state index in [1.807, 2.05) is 0 Å². The van der Waals surface area contributed by atoms with Crippen molar-refractivity contribution in [1.82, 2.24) is 0 Å². The third-order valence-electron chi connectivity index (χ3n) is 2.76. The summed E-state index contributed by atoms with van der Waals surface area (Å²) < 4.78 is 10.4. The highest BCUT2D eigenvalue weighted by atomic mass is 35.5. The molecular formula is C15H15ClN2O3. The van der Waals surface area contributed by atoms with Gasteiger partial charge >= 0.3 is 0 Å². The molecule has 0 saturated carbocycles. The second-order valence-corrected chi connectivity index (χ2v) is 4.87. The first-order valence-electron chi connectivity index (χ1n) is 6.40. The lowest BCUT2D eigenvalue weighted by molar-refractivity contribution is 0.0282. The van der Waals surface area contributed by atoms with E-state index in [0.29, 0.717) is 28.6 Å². The molecule has 2 aromatic rings. The number of hydrogen-bond donors (Lipinski definition) is 2. The van der Waals surface area contributed by atoms with Gasteiger partial charge in [-0.3, -0.25) is 0 Å². The molecule has 1 aromatic heterocycles. The Kier molecular flexibility index (Phi) is 5.64. The van der Waals surface area contributed by atoms with Crippen LogP contribution in [0.25, 0.3) is 0 Å². The van der Waals surface area contributed by atoms with E-state index in [9.17, 15) is 5.11 Å². The number of aliphatic hydroxyl groups excluding tert-OH is 1. The lowest BCUT2D eigenvalue weighted by atomic mass is 10.2. The van der Waals surface area contributed by atoms with Crippen LogP contribution in [0.5, 0.6) is 0 Å². The van der Waals surface area contributed by atoms with Crippen LogP contribution in [0.15, 0.2) is 41.0 Å². The fraction of sp³-hybridized carbons (Fsp3) is 0.267. The van der Waals surface area contributed by atoms with Gasteiger partial charge in [-0.05, 0) is 30.3 Å². The standard InChI is InChI=1S/C15H15ClN2O3/c16-12-4-3-11(7-17)15(6-12)18-8-13(19)9-20-10-14-2-1-5-21-14/h1-6,13,18-19H,8-10H2. The molecule has 1 heterocycles. The lowest BCUT2D eigenvalue weighted by Gasteiger charge is -2.14. The number of aliphatic hydroxyl groups is 1. The van der Waals surface area contributed by atoms with E-state index in [1.165, 1.54) is 0 Å². The molecule has 0 spiro atoms. The van der Waals surface area contributed by atoms with E-state index in [4.69, 9.17) is 26.0 Å². The highest BCUT2D eigenvalue weighted by Gasteiger charge is 2.08. The Labute approximate surface area is 127 Å². The summed E-state index contributed by atoms with van der Waals surface area (Å²) in [6.07, 6.45) is 0.865. The first-order valence-corrected chi connectivity index (χ1v) is 6.78. The molecule has 0 amide bonds. The van der Waals surface area contributed by atoms with E-state index < -0.39 is 6.10 Å². The summed E-state index contributed by atoms with van der Waals surface area (Å²) in [4.78, 5) is 0. The molecule has 1 atom stereocenters. The number of halogens is 1. The Hall–Kier alpha value is -2.00. The van der Waals surface area contributed by atoms with Gasteiger partial charge in [0.05, 0.1) is 30.2 Å². The zero-order valence-electron chi connectivity index (χ0n) is 11.3. The number of hydrogen-bond acceptors (Lipinski definition) is 5. The van der Waals surface area contributed by atoms with Crippen molar-refractivity contribution in [2.75, 3.05) is 18.5 Å². The number of rotatable bonds is 7. The molecule has 0 aliphatic carbocycles. The van der Waals surface area contributed by atoms with Gasteiger partial charge in [0.25, 0.3) is 0 Å². The van der Waals surface area contributed by atoms with Crippen molar-refractivity contribution in [3.8, 4) is 6.07 Å². The molecule has 21 heavy (non-hydrogen) atoms. The van der Waals surface area contributed by atoms with Crippen LogP contribution in [-0.2, 0) is 11.3 Å². The average Bonchev–Trinajstić information content (AvgIpc) is 2.98. The maximum atomic E-state index is 9.84. The highest BCUT2D eigenvalue weighted by Crippen LogP contribution is 2.20. The highest BCUT2D eigenvalue weighted by molar-refractivity contribution is 6.30. The number of furan rings is 1. The minimum atomic E-state index is -0.703. The SMILES string of the molecule is N#Cc1ccc(Cl)cc1NCC(O)COCc1ccco1. The topological polar surface area (TPSA) is 78.4 Å². The third-order valence-corrected chi connectivity index (χ3v) is 3.00. The van der Waals surface area contributed by atoms with Gasteiger partial charge in [0.15, 0.2) is 0 Å². The second kappa shape index (κ2) is 7.70. The van der Waals surface area contributed by atoms with E-state index in [-0.39, 0.29) is 13.2 Å². The number of nitrogens with zero attached hydrogens (tertiary/aromatic N) is 1. The molecule has 0 saturated heterocycles. The zero-order chi connectivity index (χ0) is 15.1. The monoisotopic (exact) mass is 306 g/mol. The molecule has 0 bridgehead atoms. The largest absolute Gasteiger partial charge is 0.467 e. The van der Waals surface area contributed by atoms with E-state index >= 15 is 0 Å². The summed E-state index contributed by atoms with van der Waals surface area (Å²) in [7, 11) is 0. The predicted molar refractivity (Wildman–Crippen MR) is 79.0 cm³/mol. The summed E-state index contributed by atoms with van der Waals surface area (Å²) >= 11 is 5.88. The second-order valence-electron chi connectivity index (χ2n) is 4.43. The van der Waals surface area contributed by atoms with E-state index in [1.54, 1.807) is 36.6 Å². The van der Waals surface area contributed by atoms with Gasteiger partial charge in [0, 0.05) is 11.6 Å². The Morgan fingerprint density at radius 3 is 3.00 bits per heavy atom. The zero-order valence-corrected chi connectivity index (χ0v) is 12.0. The van der Waals surface area contributed by atoms with Gasteiger partial charge in [-0.2, -0.15) is 5.26 Å². The molecule has 110 valence electrons. The van der Waals surface area contributed by atoms with Crippen LogP contribution in [0, 0.1) is 11.3 Å². The summed E-state index contributed by atoms with van der Waals surface area (Å²) in [5.41, 5.74) is 1.07. The van der Waals surface area contributed by atoms with Crippen molar-refractivity contribution in [2.24, 2.45) is 0 Å². The third kappa shape index (κ3) is 4.80. The molecule has 6 heteroatoms. The Balaban J connectivity index is 1.77. The van der Waals surface area contributed by atoms with Gasteiger partial charge in [0.1, 0.15) is 18.4 Å². The summed E-state index contributed by atoms with van der Waals surface area (Å²) in [5.74, 6) is 0.705. The van der Waals surface area contributed by atoms with Crippen molar-refractivity contribution >= 4 is 17.3 Å². The molecule has 0 radical (unpaired) electrons. The Bertz CT molecular complexity index is 608. The van der Waals surface area contributed by atoms with Crippen LogP contribution in [0.4, 0.5) is 5.69 Å². The number of nitrogens with one attached hydrogen (secondary N) is 1. The maximum absolute atomic E-state index is 9.84. The number of benzene rings is 1. The molecule has 2 N–H and O–H groups in total. The van der Waals surface area contributed by atoms with Crippen molar-refractivity contribution < 1.29 is 14.3 Å². The fourth-order valence-corrected chi connectivity index (χ4v) is 1.91. The minimum absolute atomic E-state index is 0.163. The molecule has 0 fully saturated rings. The first-order chi connectivity index (χ1) is 10.2. The molecule has 0 aliphatic rings. The predicted octanol–water partition coefficient (Wildman–Crippen LogP) is 2.79. The fourth-order valence-electron chi connectivity index (χ4n) is 1.74. The lowest BCUT2D eigenvalue weighted by Crippen LogP contribution is -2.25. The van der Waals surface area contributed by atoms with Crippen LogP contribution >= 0.6 is 11.6 Å². The molecule has 1 aromatic carbocycles. The summed E-state index contributed by atoms with van der Waals surface area (Å²) in [6.45, 7) is 0.730. The van der Waals surface area contributed by atoms with Crippen molar-refractivity contribution in [2.45, 2.75) is 12.7 Å². The smallest absolute Gasteiger partial charge is 0.129 e. The van der Waals surface area contributed by atoms with Gasteiger partial charge in [0.2, 0.25) is 0 Å². The van der Waals surface area contributed by atoms with E-state index in [2.05, 4.69) is 11.4 Å². The summed E-state index contributed by atoms with van der Waals surface area (Å²) in [6, 6.07) is 10.6. The van der Waals surface area contributed by atoms with Gasteiger partial charge < -0.3 is 19.6 Å². The minimum Gasteiger partial charge on any atom is -0.467 e. The molecular weight excluding hydrogens is 292 g/mol. The van der Waals surface area contributed by atoms with Crippen molar-refractivity contribution in [1.29, 1.82) is 5.26 Å². The van der Waals surface area contributed by atoms with Gasteiger partial charge in [-0.15, -0.1) is 0 Å². The first kappa shape index (κ1) is 15.4. The quantitative estimate of drug-likeness (QED) is 0.822. The number of anilines is 1. The van der Waals surface area contributed by atoms with Crippen molar-refractivity contribution in [3.63, 3.8) is 0 Å². The molecule has 2 rings (SSSR count).